The van der Waals surface area contributed by atoms with Gasteiger partial charge < -0.3 is 4.90 Å². The molecule has 0 aromatic rings. The minimum atomic E-state index is 0.222. The van der Waals surface area contributed by atoms with Crippen molar-refractivity contribution >= 4 is 0 Å². The minimum Gasteiger partial charge on any atom is -0.303 e. The maximum absolute atomic E-state index is 8.64. The van der Waals surface area contributed by atoms with Crippen LogP contribution in [-0.4, -0.2) is 24.5 Å². The Kier molecular flexibility index (Phi) is 8.67. The molecule has 82 valence electrons. The fourth-order valence-corrected chi connectivity index (χ4v) is 1.65. The third-order valence-electron chi connectivity index (χ3n) is 2.41. The minimum absolute atomic E-state index is 0.222. The van der Waals surface area contributed by atoms with E-state index < -0.39 is 0 Å². The maximum atomic E-state index is 8.64. The second kappa shape index (κ2) is 9.02. The van der Waals surface area contributed by atoms with Crippen LogP contribution < -0.4 is 0 Å². The molecule has 0 bridgehead atoms. The van der Waals surface area contributed by atoms with E-state index in [0.717, 1.165) is 19.4 Å². The van der Waals surface area contributed by atoms with Crippen molar-refractivity contribution in [3.8, 4) is 6.07 Å². The highest BCUT2D eigenvalue weighted by molar-refractivity contribution is 4.78. The lowest BCUT2D eigenvalue weighted by molar-refractivity contribution is 0.266. The van der Waals surface area contributed by atoms with Gasteiger partial charge >= 0.3 is 0 Å². The van der Waals surface area contributed by atoms with Crippen molar-refractivity contribution in [1.29, 1.82) is 5.26 Å². The molecule has 0 radical (unpaired) electrons. The van der Waals surface area contributed by atoms with Crippen LogP contribution >= 0.6 is 0 Å². The molecule has 0 aromatic heterocycles. The molecule has 0 aliphatic carbocycles. The molecule has 0 aliphatic heterocycles. The van der Waals surface area contributed by atoms with Crippen molar-refractivity contribution in [2.45, 2.75) is 46.5 Å². The van der Waals surface area contributed by atoms with Gasteiger partial charge in [0.25, 0.3) is 0 Å². The summed E-state index contributed by atoms with van der Waals surface area (Å²) in [7, 11) is 0. The number of nitrogens with zero attached hydrogens (tertiary/aromatic N) is 2. The van der Waals surface area contributed by atoms with Crippen LogP contribution in [0, 0.1) is 17.2 Å². The van der Waals surface area contributed by atoms with Crippen molar-refractivity contribution in [2.75, 3.05) is 19.6 Å². The molecular weight excluding hydrogens is 172 g/mol. The van der Waals surface area contributed by atoms with Crippen LogP contribution in [0.1, 0.15) is 46.5 Å². The van der Waals surface area contributed by atoms with Crippen LogP contribution in [0.2, 0.25) is 0 Å². The van der Waals surface area contributed by atoms with Crippen LogP contribution in [0.25, 0.3) is 0 Å². The molecule has 1 atom stereocenters. The molecule has 0 spiro atoms. The molecule has 0 saturated heterocycles. The van der Waals surface area contributed by atoms with E-state index in [1.54, 1.807) is 0 Å². The molecule has 2 heteroatoms. The van der Waals surface area contributed by atoms with Gasteiger partial charge in [-0.05, 0) is 52.2 Å². The molecule has 0 rings (SSSR count). The van der Waals surface area contributed by atoms with E-state index >= 15 is 0 Å². The summed E-state index contributed by atoms with van der Waals surface area (Å²) in [4.78, 5) is 2.50. The first-order valence-corrected chi connectivity index (χ1v) is 5.86. The van der Waals surface area contributed by atoms with E-state index in [4.69, 9.17) is 5.26 Å². The van der Waals surface area contributed by atoms with E-state index in [1.165, 1.54) is 25.9 Å². The topological polar surface area (TPSA) is 27.0 Å². The highest BCUT2D eigenvalue weighted by Crippen LogP contribution is 2.05. The molecule has 1 unspecified atom stereocenters. The Hall–Kier alpha value is -0.550. The van der Waals surface area contributed by atoms with Gasteiger partial charge in [-0.1, -0.05) is 13.8 Å². The van der Waals surface area contributed by atoms with Gasteiger partial charge in [0.05, 0.1) is 6.07 Å². The van der Waals surface area contributed by atoms with E-state index in [-0.39, 0.29) is 5.92 Å². The van der Waals surface area contributed by atoms with Gasteiger partial charge in [-0.3, -0.25) is 0 Å². The Morgan fingerprint density at radius 1 is 1.14 bits per heavy atom. The van der Waals surface area contributed by atoms with E-state index in [9.17, 15) is 0 Å². The molecule has 2 nitrogen and oxygen atoms in total. The Balaban J connectivity index is 3.55. The van der Waals surface area contributed by atoms with E-state index in [0.29, 0.717) is 0 Å². The molecule has 0 fully saturated rings. The lowest BCUT2D eigenvalue weighted by atomic mass is 10.1. The van der Waals surface area contributed by atoms with Gasteiger partial charge in [-0.15, -0.1) is 0 Å². The molecule has 0 heterocycles. The fourth-order valence-electron chi connectivity index (χ4n) is 1.65. The normalized spacial score (nSPS) is 12.8. The second-order valence-electron chi connectivity index (χ2n) is 4.01. The van der Waals surface area contributed by atoms with Gasteiger partial charge in [-0.25, -0.2) is 0 Å². The van der Waals surface area contributed by atoms with Crippen molar-refractivity contribution in [3.63, 3.8) is 0 Å². The standard InChI is InChI=1S/C12H24N2/c1-4-8-14(9-5-2)10-6-7-12(3)11-13/h12H,4-10H2,1-3H3. The van der Waals surface area contributed by atoms with E-state index in [1.807, 2.05) is 6.92 Å². The molecular formula is C12H24N2. The largest absolute Gasteiger partial charge is 0.303 e. The smallest absolute Gasteiger partial charge is 0.0652 e. The lowest BCUT2D eigenvalue weighted by Gasteiger charge is -2.20. The summed E-state index contributed by atoms with van der Waals surface area (Å²) in [5, 5.41) is 8.64. The molecule has 0 aliphatic rings. The predicted molar refractivity (Wildman–Crippen MR) is 61.0 cm³/mol. The summed E-state index contributed by atoms with van der Waals surface area (Å²) >= 11 is 0. The first kappa shape index (κ1) is 13.4. The zero-order chi connectivity index (χ0) is 10.8. The highest BCUT2D eigenvalue weighted by Gasteiger charge is 2.04. The van der Waals surface area contributed by atoms with Crippen LogP contribution in [0.15, 0.2) is 0 Å². The second-order valence-corrected chi connectivity index (χ2v) is 4.01. The van der Waals surface area contributed by atoms with Crippen LogP contribution in [0.3, 0.4) is 0 Å². The van der Waals surface area contributed by atoms with Crippen LogP contribution in [0.5, 0.6) is 0 Å². The first-order valence-electron chi connectivity index (χ1n) is 5.86. The molecule has 0 N–H and O–H groups in total. The Morgan fingerprint density at radius 3 is 2.14 bits per heavy atom. The van der Waals surface area contributed by atoms with Gasteiger partial charge in [0.1, 0.15) is 0 Å². The summed E-state index contributed by atoms with van der Waals surface area (Å²) in [6, 6.07) is 2.28. The van der Waals surface area contributed by atoms with Crippen molar-refractivity contribution < 1.29 is 0 Å². The predicted octanol–water partition coefficient (Wildman–Crippen LogP) is 3.05. The monoisotopic (exact) mass is 196 g/mol. The summed E-state index contributed by atoms with van der Waals surface area (Å²) in [5.41, 5.74) is 0. The molecule has 0 amide bonds. The summed E-state index contributed by atoms with van der Waals surface area (Å²) in [6.45, 7) is 10.0. The van der Waals surface area contributed by atoms with Crippen LogP contribution in [-0.2, 0) is 0 Å². The molecule has 0 aromatic carbocycles. The SMILES string of the molecule is CCCN(CCC)CCCC(C)C#N. The average molecular weight is 196 g/mol. The quantitative estimate of drug-likeness (QED) is 0.596. The zero-order valence-corrected chi connectivity index (χ0v) is 9.92. The Morgan fingerprint density at radius 2 is 1.71 bits per heavy atom. The van der Waals surface area contributed by atoms with Gasteiger partial charge in [0, 0.05) is 5.92 Å². The number of nitriles is 1. The van der Waals surface area contributed by atoms with Crippen LogP contribution in [0.4, 0.5) is 0 Å². The summed E-state index contributed by atoms with van der Waals surface area (Å²) < 4.78 is 0. The Bertz CT molecular complexity index is 154. The third-order valence-corrected chi connectivity index (χ3v) is 2.41. The third kappa shape index (κ3) is 6.91. The maximum Gasteiger partial charge on any atom is 0.0652 e. The van der Waals surface area contributed by atoms with E-state index in [2.05, 4.69) is 24.8 Å². The Labute approximate surface area is 88.9 Å². The molecule has 0 saturated carbocycles. The lowest BCUT2D eigenvalue weighted by Crippen LogP contribution is -2.26. The summed E-state index contributed by atoms with van der Waals surface area (Å²) in [6.07, 6.45) is 4.66. The highest BCUT2D eigenvalue weighted by atomic mass is 15.1. The number of hydrogen-bond acceptors (Lipinski definition) is 2. The van der Waals surface area contributed by atoms with Crippen molar-refractivity contribution in [2.24, 2.45) is 5.92 Å². The fraction of sp³-hybridized carbons (Fsp3) is 0.917. The van der Waals surface area contributed by atoms with Gasteiger partial charge in [-0.2, -0.15) is 5.26 Å². The van der Waals surface area contributed by atoms with Gasteiger partial charge in [0.15, 0.2) is 0 Å². The van der Waals surface area contributed by atoms with Crippen molar-refractivity contribution in [3.05, 3.63) is 0 Å². The van der Waals surface area contributed by atoms with Gasteiger partial charge in [0.2, 0.25) is 0 Å². The number of rotatable bonds is 8. The average Bonchev–Trinajstić information content (AvgIpc) is 2.18. The van der Waals surface area contributed by atoms with Crippen molar-refractivity contribution in [1.82, 2.24) is 4.90 Å². The summed E-state index contributed by atoms with van der Waals surface area (Å²) in [5.74, 6) is 0.222. The number of hydrogen-bond donors (Lipinski definition) is 0. The molecule has 14 heavy (non-hydrogen) atoms. The first-order chi connectivity index (χ1) is 6.74. The zero-order valence-electron chi connectivity index (χ0n) is 9.92.